The summed E-state index contributed by atoms with van der Waals surface area (Å²) in [5, 5.41) is 11.5. The number of pyridine rings is 1. The molecule has 0 fully saturated rings. The molecule has 9 rings (SSSR count). The quantitative estimate of drug-likeness (QED) is 0.200. The standard InChI is InChI=1S/C39H23NS/c1-2-11-24(12-3-1)38-31-21-22-32-36-29(33-23-25-13-4-5-14-26(25)27-15-6-7-16-28(27)33)18-10-20-35(36)41-39(32)37(31)30-17-8-9-19-34(30)40-38/h1-23H. The number of hydrogen-bond donors (Lipinski definition) is 0. The fourth-order valence-electron chi connectivity index (χ4n) is 6.64. The minimum Gasteiger partial charge on any atom is -0.247 e. The molecule has 0 saturated heterocycles. The molecular formula is C39H23NS. The van der Waals surface area contributed by atoms with Crippen LogP contribution in [0, 0.1) is 0 Å². The molecule has 0 amide bonds. The van der Waals surface area contributed by atoms with E-state index in [0.29, 0.717) is 0 Å². The number of benzene rings is 7. The molecule has 0 unspecified atom stereocenters. The Kier molecular flexibility index (Phi) is 4.84. The van der Waals surface area contributed by atoms with Crippen LogP contribution in [0.1, 0.15) is 0 Å². The average molecular weight is 538 g/mol. The van der Waals surface area contributed by atoms with Crippen molar-refractivity contribution in [2.75, 3.05) is 0 Å². The van der Waals surface area contributed by atoms with Crippen molar-refractivity contribution in [1.29, 1.82) is 0 Å². The topological polar surface area (TPSA) is 12.9 Å². The van der Waals surface area contributed by atoms with Crippen LogP contribution in [0.5, 0.6) is 0 Å². The van der Waals surface area contributed by atoms with Gasteiger partial charge in [-0.05, 0) is 50.9 Å². The molecule has 0 saturated carbocycles. The minimum atomic E-state index is 1.03. The third-order valence-electron chi connectivity index (χ3n) is 8.43. The van der Waals surface area contributed by atoms with E-state index in [1.807, 2.05) is 11.3 Å². The highest BCUT2D eigenvalue weighted by Crippen LogP contribution is 2.47. The summed E-state index contributed by atoms with van der Waals surface area (Å²) >= 11 is 1.90. The van der Waals surface area contributed by atoms with E-state index in [-0.39, 0.29) is 0 Å². The zero-order chi connectivity index (χ0) is 26.9. The molecule has 0 spiro atoms. The van der Waals surface area contributed by atoms with Gasteiger partial charge in [0, 0.05) is 41.9 Å². The Labute approximate surface area is 240 Å². The van der Waals surface area contributed by atoms with Gasteiger partial charge in [-0.2, -0.15) is 0 Å². The van der Waals surface area contributed by atoms with Gasteiger partial charge in [0.05, 0.1) is 11.2 Å². The number of para-hydroxylation sites is 1. The van der Waals surface area contributed by atoms with Gasteiger partial charge >= 0.3 is 0 Å². The van der Waals surface area contributed by atoms with Crippen molar-refractivity contribution in [2.45, 2.75) is 0 Å². The lowest BCUT2D eigenvalue weighted by atomic mass is 9.90. The number of thiophene rings is 1. The third-order valence-corrected chi connectivity index (χ3v) is 9.62. The largest absolute Gasteiger partial charge is 0.247 e. The number of hydrogen-bond acceptors (Lipinski definition) is 2. The van der Waals surface area contributed by atoms with Crippen molar-refractivity contribution in [3.63, 3.8) is 0 Å². The lowest BCUT2D eigenvalue weighted by Crippen LogP contribution is -1.90. The molecule has 0 radical (unpaired) electrons. The van der Waals surface area contributed by atoms with Gasteiger partial charge in [-0.1, -0.05) is 121 Å². The maximum atomic E-state index is 5.17. The summed E-state index contributed by atoms with van der Waals surface area (Å²) in [5.74, 6) is 0. The highest BCUT2D eigenvalue weighted by Gasteiger charge is 2.19. The van der Waals surface area contributed by atoms with E-state index in [4.69, 9.17) is 4.98 Å². The van der Waals surface area contributed by atoms with E-state index in [1.54, 1.807) is 0 Å². The van der Waals surface area contributed by atoms with Crippen LogP contribution in [0.15, 0.2) is 140 Å². The van der Waals surface area contributed by atoms with Gasteiger partial charge in [0.1, 0.15) is 0 Å². The molecule has 1 nitrogen and oxygen atoms in total. The fraction of sp³-hybridized carbons (Fsp3) is 0. The van der Waals surface area contributed by atoms with Crippen LogP contribution in [0.3, 0.4) is 0 Å². The van der Waals surface area contributed by atoms with Crippen molar-refractivity contribution in [1.82, 2.24) is 4.98 Å². The Morgan fingerprint density at radius 1 is 0.439 bits per heavy atom. The first-order chi connectivity index (χ1) is 20.3. The zero-order valence-electron chi connectivity index (χ0n) is 22.1. The summed E-state index contributed by atoms with van der Waals surface area (Å²) < 4.78 is 2.63. The van der Waals surface area contributed by atoms with E-state index in [9.17, 15) is 0 Å². The normalized spacial score (nSPS) is 11.9. The molecule has 0 aliphatic rings. The van der Waals surface area contributed by atoms with E-state index in [2.05, 4.69) is 140 Å². The number of aromatic nitrogens is 1. The summed E-state index contributed by atoms with van der Waals surface area (Å²) in [6, 6.07) is 50.5. The van der Waals surface area contributed by atoms with Crippen molar-refractivity contribution in [3.05, 3.63) is 140 Å². The van der Waals surface area contributed by atoms with Crippen LogP contribution in [-0.4, -0.2) is 4.98 Å². The highest BCUT2D eigenvalue weighted by molar-refractivity contribution is 7.27. The second-order valence-electron chi connectivity index (χ2n) is 10.7. The minimum absolute atomic E-state index is 1.03. The van der Waals surface area contributed by atoms with Crippen molar-refractivity contribution < 1.29 is 0 Å². The molecule has 0 bridgehead atoms. The second kappa shape index (κ2) is 8.72. The lowest BCUT2D eigenvalue weighted by Gasteiger charge is -2.13. The van der Waals surface area contributed by atoms with Gasteiger partial charge in [0.25, 0.3) is 0 Å². The average Bonchev–Trinajstić information content (AvgIpc) is 3.43. The predicted molar refractivity (Wildman–Crippen MR) is 178 cm³/mol. The smallest absolute Gasteiger partial charge is 0.0788 e. The molecule has 9 aromatic rings. The molecule has 0 atom stereocenters. The molecule has 2 heteroatoms. The highest BCUT2D eigenvalue weighted by atomic mass is 32.1. The van der Waals surface area contributed by atoms with Crippen LogP contribution in [0.25, 0.3) is 85.8 Å². The summed E-state index contributed by atoms with van der Waals surface area (Å²) in [4.78, 5) is 5.17. The molecule has 2 aromatic heterocycles. The van der Waals surface area contributed by atoms with Gasteiger partial charge in [0.15, 0.2) is 0 Å². The maximum absolute atomic E-state index is 5.17. The van der Waals surface area contributed by atoms with E-state index < -0.39 is 0 Å². The van der Waals surface area contributed by atoms with Crippen molar-refractivity contribution in [2.24, 2.45) is 0 Å². The molecule has 0 aliphatic carbocycles. The third kappa shape index (κ3) is 3.32. The Hall–Kier alpha value is -5.05. The maximum Gasteiger partial charge on any atom is 0.0788 e. The summed E-state index contributed by atoms with van der Waals surface area (Å²) in [5.41, 5.74) is 5.79. The SMILES string of the molecule is c1ccc(-c2nc3ccccc3c3c2ccc2c3sc3cccc(-c4cc5ccccc5c5ccccc45)c32)cc1. The zero-order valence-corrected chi connectivity index (χ0v) is 23.0. The van der Waals surface area contributed by atoms with Crippen LogP contribution < -0.4 is 0 Å². The van der Waals surface area contributed by atoms with E-state index >= 15 is 0 Å². The molecule has 0 N–H and O–H groups in total. The lowest BCUT2D eigenvalue weighted by molar-refractivity contribution is 1.43. The van der Waals surface area contributed by atoms with Gasteiger partial charge in [-0.15, -0.1) is 11.3 Å². The van der Waals surface area contributed by atoms with Gasteiger partial charge in [-0.3, -0.25) is 0 Å². The molecule has 0 aliphatic heterocycles. The first-order valence-electron chi connectivity index (χ1n) is 14.0. The van der Waals surface area contributed by atoms with Crippen LogP contribution in [-0.2, 0) is 0 Å². The first-order valence-corrected chi connectivity index (χ1v) is 14.8. The van der Waals surface area contributed by atoms with Crippen LogP contribution in [0.2, 0.25) is 0 Å². The van der Waals surface area contributed by atoms with Crippen LogP contribution >= 0.6 is 11.3 Å². The number of fused-ring (bicyclic) bond motifs is 10. The van der Waals surface area contributed by atoms with Crippen molar-refractivity contribution >= 4 is 74.7 Å². The van der Waals surface area contributed by atoms with Crippen LogP contribution in [0.4, 0.5) is 0 Å². The first kappa shape index (κ1) is 22.7. The number of nitrogens with zero attached hydrogens (tertiary/aromatic N) is 1. The van der Waals surface area contributed by atoms with E-state index in [0.717, 1.165) is 16.8 Å². The summed E-state index contributed by atoms with van der Waals surface area (Å²) in [6.45, 7) is 0. The second-order valence-corrected chi connectivity index (χ2v) is 11.7. The molecule has 7 aromatic carbocycles. The Morgan fingerprint density at radius 3 is 2.02 bits per heavy atom. The predicted octanol–water partition coefficient (Wildman–Crippen LogP) is 11.4. The fourth-order valence-corrected chi connectivity index (χ4v) is 7.93. The summed E-state index contributed by atoms with van der Waals surface area (Å²) in [6.07, 6.45) is 0. The van der Waals surface area contributed by atoms with Gasteiger partial charge in [0.2, 0.25) is 0 Å². The Bertz CT molecular complexity index is 2470. The van der Waals surface area contributed by atoms with E-state index in [1.165, 1.54) is 69.0 Å². The van der Waals surface area contributed by atoms with Gasteiger partial charge in [-0.25, -0.2) is 4.98 Å². The Balaban J connectivity index is 1.44. The monoisotopic (exact) mass is 537 g/mol. The molecule has 2 heterocycles. The molecule has 190 valence electrons. The molecule has 41 heavy (non-hydrogen) atoms. The van der Waals surface area contributed by atoms with Gasteiger partial charge < -0.3 is 0 Å². The summed E-state index contributed by atoms with van der Waals surface area (Å²) in [7, 11) is 0. The Morgan fingerprint density at radius 2 is 1.15 bits per heavy atom. The molecular weight excluding hydrogens is 515 g/mol. The number of rotatable bonds is 2. The van der Waals surface area contributed by atoms with Crippen molar-refractivity contribution in [3.8, 4) is 22.4 Å².